The second kappa shape index (κ2) is 9.42. The van der Waals surface area contributed by atoms with Crippen LogP contribution in [0.4, 0.5) is 0 Å². The summed E-state index contributed by atoms with van der Waals surface area (Å²) in [7, 11) is -0.790. The van der Waals surface area contributed by atoms with Crippen LogP contribution in [-0.4, -0.2) is 37.6 Å². The molecule has 0 fully saturated rings. The van der Waals surface area contributed by atoms with Crippen LogP contribution in [-0.2, 0) is 28.1 Å². The number of hydrogen-bond donors (Lipinski definition) is 1. The Bertz CT molecular complexity index is 1110. The van der Waals surface area contributed by atoms with E-state index in [1.165, 1.54) is 26.2 Å². The van der Waals surface area contributed by atoms with Crippen LogP contribution in [0.1, 0.15) is 16.9 Å². The minimum atomic E-state index is -3.64. The Balaban J connectivity index is 1.59. The smallest absolute Gasteiger partial charge is 0.275 e. The van der Waals surface area contributed by atoms with Crippen molar-refractivity contribution in [2.24, 2.45) is 10.9 Å². The number of furan rings is 1. The van der Waals surface area contributed by atoms with Crippen molar-refractivity contribution in [1.82, 2.24) is 9.29 Å². The molecule has 10 heteroatoms. The van der Waals surface area contributed by atoms with Crippen molar-refractivity contribution < 1.29 is 22.4 Å². The van der Waals surface area contributed by atoms with Gasteiger partial charge in [-0.3, -0.25) is 4.98 Å². The number of oxime groups is 1. The molecule has 0 aliphatic carbocycles. The van der Waals surface area contributed by atoms with Crippen LogP contribution in [0.15, 0.2) is 75.6 Å². The molecule has 0 atom stereocenters. The lowest BCUT2D eigenvalue weighted by molar-refractivity contribution is 0.111. The van der Waals surface area contributed by atoms with Crippen LogP contribution in [0.25, 0.3) is 0 Å². The Morgan fingerprint density at radius 1 is 1.17 bits per heavy atom. The van der Waals surface area contributed by atoms with Gasteiger partial charge in [-0.15, -0.1) is 0 Å². The van der Waals surface area contributed by atoms with Gasteiger partial charge in [-0.2, -0.15) is 0 Å². The van der Waals surface area contributed by atoms with Crippen molar-refractivity contribution in [3.05, 3.63) is 77.8 Å². The van der Waals surface area contributed by atoms with Gasteiger partial charge in [0.25, 0.3) is 10.0 Å². The Labute approximate surface area is 174 Å². The van der Waals surface area contributed by atoms with Crippen LogP contribution < -0.4 is 10.5 Å². The van der Waals surface area contributed by atoms with Gasteiger partial charge in [0.2, 0.25) is 5.09 Å². The molecular weight excluding hydrogens is 408 g/mol. The molecule has 9 nitrogen and oxygen atoms in total. The minimum absolute atomic E-state index is 0.0686. The molecule has 0 aliphatic rings. The summed E-state index contributed by atoms with van der Waals surface area (Å²) in [6.45, 7) is 0.308. The number of amidine groups is 1. The number of rotatable bonds is 9. The molecule has 0 saturated heterocycles. The number of benzene rings is 1. The van der Waals surface area contributed by atoms with Crippen molar-refractivity contribution in [1.29, 1.82) is 0 Å². The highest BCUT2D eigenvalue weighted by atomic mass is 32.2. The molecule has 0 unspecified atom stereocenters. The maximum absolute atomic E-state index is 12.0. The molecular formula is C20H22N4O5S. The van der Waals surface area contributed by atoms with Gasteiger partial charge in [-0.05, 0) is 30.3 Å². The standard InChI is InChI=1S/C20H22N4O5S/c1-24(2)30(25,26)19-9-8-18(29-19)14-28-23-20(21)16-6-3-7-17(11-16)27-13-15-5-4-10-22-12-15/h3-12H,13-14H2,1-2H3,(H2,21,23). The topological polar surface area (TPSA) is 120 Å². The first-order chi connectivity index (χ1) is 14.4. The third kappa shape index (κ3) is 5.37. The Morgan fingerprint density at radius 3 is 2.73 bits per heavy atom. The summed E-state index contributed by atoms with van der Waals surface area (Å²) in [6, 6.07) is 13.8. The van der Waals surface area contributed by atoms with E-state index >= 15 is 0 Å². The summed E-state index contributed by atoms with van der Waals surface area (Å²) in [5.41, 5.74) is 7.54. The maximum atomic E-state index is 12.0. The van der Waals surface area contributed by atoms with E-state index in [9.17, 15) is 8.42 Å². The number of nitrogens with zero attached hydrogens (tertiary/aromatic N) is 3. The lowest BCUT2D eigenvalue weighted by atomic mass is 10.2. The van der Waals surface area contributed by atoms with Gasteiger partial charge in [0.1, 0.15) is 18.1 Å². The average molecular weight is 430 g/mol. The van der Waals surface area contributed by atoms with Gasteiger partial charge >= 0.3 is 0 Å². The first-order valence-electron chi connectivity index (χ1n) is 8.95. The fourth-order valence-electron chi connectivity index (χ4n) is 2.37. The first kappa shape index (κ1) is 21.3. The largest absolute Gasteiger partial charge is 0.489 e. The highest BCUT2D eigenvalue weighted by Gasteiger charge is 2.21. The monoisotopic (exact) mass is 430 g/mol. The third-order valence-corrected chi connectivity index (χ3v) is 5.69. The van der Waals surface area contributed by atoms with Crippen LogP contribution in [0.5, 0.6) is 5.75 Å². The number of pyridine rings is 1. The lowest BCUT2D eigenvalue weighted by Crippen LogP contribution is -2.21. The quantitative estimate of drug-likeness (QED) is 0.314. The van der Waals surface area contributed by atoms with E-state index in [1.807, 2.05) is 18.2 Å². The molecule has 2 N–H and O–H groups in total. The van der Waals surface area contributed by atoms with Crippen molar-refractivity contribution in [3.8, 4) is 5.75 Å². The molecule has 0 amide bonds. The summed E-state index contributed by atoms with van der Waals surface area (Å²) in [6.07, 6.45) is 3.43. The predicted octanol–water partition coefficient (Wildman–Crippen LogP) is 2.34. The summed E-state index contributed by atoms with van der Waals surface area (Å²) >= 11 is 0. The summed E-state index contributed by atoms with van der Waals surface area (Å²) in [5.74, 6) is 1.08. The number of ether oxygens (including phenoxy) is 1. The molecule has 1 aromatic carbocycles. The van der Waals surface area contributed by atoms with E-state index in [-0.39, 0.29) is 17.5 Å². The SMILES string of the molecule is CN(C)S(=O)(=O)c1ccc(CO/N=C(/N)c2cccc(OCc3cccnc3)c2)o1. The van der Waals surface area contributed by atoms with Crippen LogP contribution in [0.2, 0.25) is 0 Å². The molecule has 0 radical (unpaired) electrons. The molecule has 30 heavy (non-hydrogen) atoms. The molecule has 158 valence electrons. The molecule has 3 aromatic rings. The van der Waals surface area contributed by atoms with E-state index in [4.69, 9.17) is 19.7 Å². The average Bonchev–Trinajstić information content (AvgIpc) is 3.23. The maximum Gasteiger partial charge on any atom is 0.275 e. The van der Waals surface area contributed by atoms with E-state index < -0.39 is 10.0 Å². The number of sulfonamides is 1. The zero-order valence-corrected chi connectivity index (χ0v) is 17.4. The van der Waals surface area contributed by atoms with Gasteiger partial charge in [0, 0.05) is 37.6 Å². The number of aromatic nitrogens is 1. The molecule has 0 bridgehead atoms. The van der Waals surface area contributed by atoms with Crippen molar-refractivity contribution in [2.45, 2.75) is 18.3 Å². The summed E-state index contributed by atoms with van der Waals surface area (Å²) in [5, 5.41) is 3.70. The predicted molar refractivity (Wildman–Crippen MR) is 110 cm³/mol. The summed E-state index contributed by atoms with van der Waals surface area (Å²) < 4.78 is 36.1. The molecule has 0 saturated carbocycles. The molecule has 2 aromatic heterocycles. The number of hydrogen-bond acceptors (Lipinski definition) is 7. The second-order valence-corrected chi connectivity index (χ2v) is 8.52. The van der Waals surface area contributed by atoms with E-state index in [2.05, 4.69) is 10.1 Å². The third-order valence-electron chi connectivity index (χ3n) is 4.00. The van der Waals surface area contributed by atoms with E-state index in [0.717, 1.165) is 9.87 Å². The molecule has 3 rings (SSSR count). The zero-order valence-electron chi connectivity index (χ0n) is 16.6. The van der Waals surface area contributed by atoms with Gasteiger partial charge in [0.05, 0.1) is 0 Å². The zero-order chi connectivity index (χ0) is 21.6. The highest BCUT2D eigenvalue weighted by Crippen LogP contribution is 2.18. The normalized spacial score (nSPS) is 12.2. The molecule has 0 spiro atoms. The Hall–Kier alpha value is -3.37. The van der Waals surface area contributed by atoms with Crippen LogP contribution >= 0.6 is 0 Å². The molecule has 2 heterocycles. The summed E-state index contributed by atoms with van der Waals surface area (Å²) in [4.78, 5) is 9.25. The fourth-order valence-corrected chi connectivity index (χ4v) is 3.18. The molecule has 0 aliphatic heterocycles. The van der Waals surface area contributed by atoms with Crippen molar-refractivity contribution in [2.75, 3.05) is 14.1 Å². The Morgan fingerprint density at radius 2 is 2.00 bits per heavy atom. The van der Waals surface area contributed by atoms with Crippen molar-refractivity contribution >= 4 is 15.9 Å². The highest BCUT2D eigenvalue weighted by molar-refractivity contribution is 7.88. The lowest BCUT2D eigenvalue weighted by Gasteiger charge is -2.08. The minimum Gasteiger partial charge on any atom is -0.489 e. The van der Waals surface area contributed by atoms with Crippen LogP contribution in [0, 0.1) is 0 Å². The first-order valence-corrected chi connectivity index (χ1v) is 10.4. The number of nitrogens with two attached hydrogens (primary N) is 1. The fraction of sp³-hybridized carbons (Fsp3) is 0.200. The van der Waals surface area contributed by atoms with E-state index in [0.29, 0.717) is 23.7 Å². The van der Waals surface area contributed by atoms with Gasteiger partial charge in [-0.1, -0.05) is 23.4 Å². The van der Waals surface area contributed by atoms with Gasteiger partial charge < -0.3 is 19.7 Å². The van der Waals surface area contributed by atoms with Crippen LogP contribution in [0.3, 0.4) is 0 Å². The van der Waals surface area contributed by atoms with Gasteiger partial charge in [-0.25, -0.2) is 12.7 Å². The van der Waals surface area contributed by atoms with Gasteiger partial charge in [0.15, 0.2) is 12.4 Å². The Kier molecular flexibility index (Phi) is 6.70. The second-order valence-electron chi connectivity index (χ2n) is 6.44. The van der Waals surface area contributed by atoms with E-state index in [1.54, 1.807) is 30.6 Å². The van der Waals surface area contributed by atoms with Crippen molar-refractivity contribution in [3.63, 3.8) is 0 Å².